The lowest BCUT2D eigenvalue weighted by Crippen LogP contribution is -2.38. The number of fused-ring (bicyclic) bond motifs is 1. The van der Waals surface area contributed by atoms with E-state index in [0.29, 0.717) is 29.2 Å². The smallest absolute Gasteiger partial charge is 0.265 e. The molecule has 5 rings (SSSR count). The number of nitrogens with one attached hydrogen (secondary N) is 1. The molecule has 0 radical (unpaired) electrons. The highest BCUT2D eigenvalue weighted by atomic mass is 32.2. The number of nitrogens with zero attached hydrogens (tertiary/aromatic N) is 2. The third kappa shape index (κ3) is 6.46. The van der Waals surface area contributed by atoms with Crippen LogP contribution in [0.1, 0.15) is 70.0 Å². The van der Waals surface area contributed by atoms with Gasteiger partial charge in [-0.05, 0) is 78.8 Å². The molecular formula is C34H39N3O5S. The van der Waals surface area contributed by atoms with Gasteiger partial charge in [-0.3, -0.25) is 9.59 Å². The summed E-state index contributed by atoms with van der Waals surface area (Å²) in [5, 5.41) is 0.988. The van der Waals surface area contributed by atoms with E-state index in [4.69, 9.17) is 4.74 Å². The molecule has 0 saturated carbocycles. The second-order valence-corrected chi connectivity index (χ2v) is 13.1. The van der Waals surface area contributed by atoms with E-state index in [2.05, 4.69) is 11.6 Å². The van der Waals surface area contributed by atoms with Crippen LogP contribution in [-0.2, 0) is 23.5 Å². The van der Waals surface area contributed by atoms with E-state index in [0.717, 1.165) is 48.0 Å². The lowest BCUT2D eigenvalue weighted by atomic mass is 9.92. The van der Waals surface area contributed by atoms with Crippen LogP contribution in [-0.4, -0.2) is 49.9 Å². The fourth-order valence-electron chi connectivity index (χ4n) is 6.09. The largest absolute Gasteiger partial charge is 0.496 e. The van der Waals surface area contributed by atoms with Crippen LogP contribution in [0.4, 0.5) is 0 Å². The zero-order valence-electron chi connectivity index (χ0n) is 25.2. The first-order chi connectivity index (χ1) is 20.6. The Bertz CT molecular complexity index is 1770. The molecule has 4 aromatic rings. The molecule has 226 valence electrons. The van der Waals surface area contributed by atoms with Crippen molar-refractivity contribution >= 4 is 32.7 Å². The summed E-state index contributed by atoms with van der Waals surface area (Å²) in [6.07, 6.45) is 7.08. The number of hydrogen-bond donors (Lipinski definition) is 1. The normalized spacial score (nSPS) is 14.2. The van der Waals surface area contributed by atoms with Crippen LogP contribution in [0, 0.1) is 12.8 Å². The molecule has 0 spiro atoms. The van der Waals surface area contributed by atoms with E-state index in [1.807, 2.05) is 40.9 Å². The minimum absolute atomic E-state index is 0.0571. The molecule has 1 fully saturated rings. The van der Waals surface area contributed by atoms with Gasteiger partial charge < -0.3 is 14.2 Å². The van der Waals surface area contributed by atoms with Crippen molar-refractivity contribution in [1.82, 2.24) is 14.2 Å². The number of rotatable bonds is 9. The maximum absolute atomic E-state index is 13.4. The van der Waals surface area contributed by atoms with Gasteiger partial charge in [0.05, 0.1) is 12.0 Å². The number of sulfonamides is 1. The molecule has 9 heteroatoms. The molecule has 3 aromatic carbocycles. The second kappa shape index (κ2) is 12.6. The number of methoxy groups -OCH3 is 1. The molecule has 0 aliphatic carbocycles. The average molecular weight is 602 g/mol. The highest BCUT2D eigenvalue weighted by Crippen LogP contribution is 2.30. The van der Waals surface area contributed by atoms with Crippen LogP contribution in [0.15, 0.2) is 71.8 Å². The van der Waals surface area contributed by atoms with Gasteiger partial charge in [-0.15, -0.1) is 0 Å². The van der Waals surface area contributed by atoms with Gasteiger partial charge in [0.2, 0.25) is 0 Å². The molecule has 1 N–H and O–H groups in total. The Kier molecular flexibility index (Phi) is 8.92. The van der Waals surface area contributed by atoms with E-state index < -0.39 is 15.9 Å². The highest BCUT2D eigenvalue weighted by Gasteiger charge is 2.25. The number of aryl methyl sites for hydroxylation is 2. The molecule has 0 atom stereocenters. The summed E-state index contributed by atoms with van der Waals surface area (Å²) in [5.41, 5.74) is 4.28. The van der Waals surface area contributed by atoms with Crippen LogP contribution >= 0.6 is 0 Å². The number of piperidine rings is 1. The fraction of sp³-hybridized carbons (Fsp3) is 0.353. The Morgan fingerprint density at radius 2 is 1.70 bits per heavy atom. The van der Waals surface area contributed by atoms with Gasteiger partial charge in [0.1, 0.15) is 5.75 Å². The van der Waals surface area contributed by atoms with Crippen molar-refractivity contribution in [2.75, 3.05) is 20.2 Å². The van der Waals surface area contributed by atoms with Crippen molar-refractivity contribution in [3.05, 3.63) is 94.7 Å². The van der Waals surface area contributed by atoms with Crippen LogP contribution in [0.5, 0.6) is 5.75 Å². The zero-order valence-corrected chi connectivity index (χ0v) is 26.0. The number of aromatic nitrogens is 1. The number of likely N-dealkylation sites (tertiary alicyclic amines) is 1. The number of carbonyl (C=O) groups excluding carboxylic acids is 2. The fourth-order valence-corrected chi connectivity index (χ4v) is 7.32. The predicted molar refractivity (Wildman–Crippen MR) is 168 cm³/mol. The van der Waals surface area contributed by atoms with Crippen LogP contribution in [0.2, 0.25) is 0 Å². The Hall–Kier alpha value is -4.11. The van der Waals surface area contributed by atoms with Gasteiger partial charge in [0, 0.05) is 54.8 Å². The molecule has 1 aliphatic rings. The third-order valence-corrected chi connectivity index (χ3v) is 9.95. The maximum Gasteiger partial charge on any atom is 0.265 e. The summed E-state index contributed by atoms with van der Waals surface area (Å²) in [7, 11) is -0.538. The van der Waals surface area contributed by atoms with E-state index in [1.54, 1.807) is 43.3 Å². The van der Waals surface area contributed by atoms with Gasteiger partial charge in [-0.25, -0.2) is 13.1 Å². The molecule has 1 aromatic heterocycles. The minimum Gasteiger partial charge on any atom is -0.496 e. The zero-order chi connectivity index (χ0) is 30.7. The van der Waals surface area contributed by atoms with Crippen LogP contribution in [0.3, 0.4) is 0 Å². The Morgan fingerprint density at radius 3 is 2.40 bits per heavy atom. The first kappa shape index (κ1) is 30.4. The number of hydrogen-bond acceptors (Lipinski definition) is 5. The summed E-state index contributed by atoms with van der Waals surface area (Å²) in [6, 6.07) is 17.3. The average Bonchev–Trinajstić information content (AvgIpc) is 3.31. The van der Waals surface area contributed by atoms with E-state index in [1.165, 1.54) is 26.0 Å². The Morgan fingerprint density at radius 1 is 0.977 bits per heavy atom. The molecule has 8 nitrogen and oxygen atoms in total. The molecule has 2 amide bonds. The number of amides is 2. The lowest BCUT2D eigenvalue weighted by molar-refractivity contribution is 0.0686. The van der Waals surface area contributed by atoms with E-state index in [-0.39, 0.29) is 16.4 Å². The molecular weight excluding hydrogens is 562 g/mol. The standard InChI is InChI=1S/C34H39N3O5S/c1-5-8-24-15-17-37(18-16-24)34(39)27-13-14-30-29(20-27)28(22-36(30)3)19-25-11-12-26(21-31(25)42-4)33(38)35-43(40,41)32-10-7-6-9-23(32)2/h6-7,9-14,20-22,24H,5,8,15-19H2,1-4H3,(H,35,38). The summed E-state index contributed by atoms with van der Waals surface area (Å²) in [4.78, 5) is 28.4. The van der Waals surface area contributed by atoms with Crippen molar-refractivity contribution in [2.45, 2.75) is 50.8 Å². The first-order valence-electron chi connectivity index (χ1n) is 14.8. The summed E-state index contributed by atoms with van der Waals surface area (Å²) >= 11 is 0. The monoisotopic (exact) mass is 601 g/mol. The van der Waals surface area contributed by atoms with Crippen molar-refractivity contribution in [3.63, 3.8) is 0 Å². The summed E-state index contributed by atoms with van der Waals surface area (Å²) in [6.45, 7) is 5.49. The third-order valence-electron chi connectivity index (χ3n) is 8.46. The topological polar surface area (TPSA) is 97.7 Å². The first-order valence-corrected chi connectivity index (χ1v) is 16.3. The van der Waals surface area contributed by atoms with Gasteiger partial charge in [-0.1, -0.05) is 44.0 Å². The maximum atomic E-state index is 13.4. The Labute approximate surface area is 253 Å². The predicted octanol–water partition coefficient (Wildman–Crippen LogP) is 5.86. The van der Waals surface area contributed by atoms with Crippen LogP contribution < -0.4 is 9.46 Å². The molecule has 0 bridgehead atoms. The molecule has 1 aliphatic heterocycles. The highest BCUT2D eigenvalue weighted by molar-refractivity contribution is 7.90. The van der Waals surface area contributed by atoms with Crippen molar-refractivity contribution < 1.29 is 22.7 Å². The Balaban J connectivity index is 1.36. The van der Waals surface area contributed by atoms with E-state index in [9.17, 15) is 18.0 Å². The number of benzene rings is 3. The van der Waals surface area contributed by atoms with Crippen molar-refractivity contribution in [1.29, 1.82) is 0 Å². The molecule has 1 saturated heterocycles. The van der Waals surface area contributed by atoms with Crippen LogP contribution in [0.25, 0.3) is 10.9 Å². The van der Waals surface area contributed by atoms with Crippen molar-refractivity contribution in [2.24, 2.45) is 13.0 Å². The SMILES string of the molecule is CCCC1CCN(C(=O)c2ccc3c(c2)c(Cc2ccc(C(=O)NS(=O)(=O)c4ccccc4C)cc2OC)cn3C)CC1. The number of ether oxygens (including phenoxy) is 1. The molecule has 2 heterocycles. The van der Waals surface area contributed by atoms with E-state index >= 15 is 0 Å². The van der Waals surface area contributed by atoms with Gasteiger partial charge >= 0.3 is 0 Å². The van der Waals surface area contributed by atoms with Crippen molar-refractivity contribution in [3.8, 4) is 5.75 Å². The van der Waals surface area contributed by atoms with Gasteiger partial charge in [-0.2, -0.15) is 0 Å². The molecule has 43 heavy (non-hydrogen) atoms. The lowest BCUT2D eigenvalue weighted by Gasteiger charge is -2.32. The quantitative estimate of drug-likeness (QED) is 0.259. The van der Waals surface area contributed by atoms with Gasteiger partial charge in [0.25, 0.3) is 21.8 Å². The summed E-state index contributed by atoms with van der Waals surface area (Å²) < 4.78 is 35.5. The second-order valence-electron chi connectivity index (χ2n) is 11.4. The summed E-state index contributed by atoms with van der Waals surface area (Å²) in [5.74, 6) is 0.516. The molecule has 0 unspecified atom stereocenters. The van der Waals surface area contributed by atoms with Gasteiger partial charge in [0.15, 0.2) is 0 Å². The number of carbonyl (C=O) groups is 2. The minimum atomic E-state index is -4.04.